The fourth-order valence-electron chi connectivity index (χ4n) is 2.23. The lowest BCUT2D eigenvalue weighted by Crippen LogP contribution is -2.10. The zero-order valence-electron chi connectivity index (χ0n) is 12.9. The Bertz CT molecular complexity index is 828. The Morgan fingerprint density at radius 3 is 2.70 bits per heavy atom. The second-order valence-electron chi connectivity index (χ2n) is 5.37. The predicted octanol–water partition coefficient (Wildman–Crippen LogP) is 3.96. The van der Waals surface area contributed by atoms with E-state index in [1.54, 1.807) is 0 Å². The third-order valence-electron chi connectivity index (χ3n) is 3.50. The van der Waals surface area contributed by atoms with E-state index in [1.165, 1.54) is 0 Å². The summed E-state index contributed by atoms with van der Waals surface area (Å²) >= 11 is 1.07. The van der Waals surface area contributed by atoms with Crippen molar-refractivity contribution in [3.63, 3.8) is 0 Å². The number of nitrogens with zero attached hydrogens (tertiary/aromatic N) is 2. The highest BCUT2D eigenvalue weighted by atomic mass is 32.1. The molecule has 3 aromatic rings. The Morgan fingerprint density at radius 1 is 1.13 bits per heavy atom. The van der Waals surface area contributed by atoms with Crippen molar-refractivity contribution in [2.45, 2.75) is 20.3 Å². The average molecular weight is 324 g/mol. The van der Waals surface area contributed by atoms with Gasteiger partial charge in [0.25, 0.3) is 0 Å². The van der Waals surface area contributed by atoms with Crippen molar-refractivity contribution < 1.29 is 9.53 Å². The SMILES string of the molecule is Cc1ccc(C)c(OC(=O)c2snnc2Cc2ccccc2)c1. The lowest BCUT2D eigenvalue weighted by atomic mass is 10.1. The molecule has 5 heteroatoms. The first-order valence-electron chi connectivity index (χ1n) is 7.28. The molecule has 1 heterocycles. The van der Waals surface area contributed by atoms with E-state index < -0.39 is 5.97 Å². The molecule has 116 valence electrons. The van der Waals surface area contributed by atoms with Crippen LogP contribution in [0.25, 0.3) is 0 Å². The summed E-state index contributed by atoms with van der Waals surface area (Å²) in [5.41, 5.74) is 3.70. The van der Waals surface area contributed by atoms with Gasteiger partial charge in [-0.05, 0) is 48.1 Å². The number of benzene rings is 2. The van der Waals surface area contributed by atoms with E-state index in [9.17, 15) is 4.79 Å². The molecule has 0 bridgehead atoms. The van der Waals surface area contributed by atoms with Crippen LogP contribution in [0.5, 0.6) is 5.75 Å². The molecule has 0 saturated heterocycles. The Balaban J connectivity index is 1.81. The van der Waals surface area contributed by atoms with Gasteiger partial charge < -0.3 is 4.74 Å². The van der Waals surface area contributed by atoms with Crippen LogP contribution < -0.4 is 4.74 Å². The van der Waals surface area contributed by atoms with Gasteiger partial charge in [0.15, 0.2) is 4.88 Å². The highest BCUT2D eigenvalue weighted by molar-refractivity contribution is 7.07. The van der Waals surface area contributed by atoms with E-state index >= 15 is 0 Å². The van der Waals surface area contributed by atoms with E-state index in [1.807, 2.05) is 62.4 Å². The van der Waals surface area contributed by atoms with E-state index in [4.69, 9.17) is 4.74 Å². The largest absolute Gasteiger partial charge is 0.422 e. The zero-order valence-corrected chi connectivity index (χ0v) is 13.8. The highest BCUT2D eigenvalue weighted by Gasteiger charge is 2.19. The van der Waals surface area contributed by atoms with Crippen LogP contribution >= 0.6 is 11.5 Å². The van der Waals surface area contributed by atoms with Crippen LogP contribution in [0.2, 0.25) is 0 Å². The Hall–Kier alpha value is -2.53. The first-order chi connectivity index (χ1) is 11.1. The second kappa shape index (κ2) is 6.71. The summed E-state index contributed by atoms with van der Waals surface area (Å²) in [6, 6.07) is 15.7. The fraction of sp³-hybridized carbons (Fsp3) is 0.167. The molecule has 4 nitrogen and oxygen atoms in total. The normalized spacial score (nSPS) is 10.5. The first kappa shape index (κ1) is 15.4. The van der Waals surface area contributed by atoms with Crippen molar-refractivity contribution in [3.8, 4) is 5.75 Å². The molecule has 0 saturated carbocycles. The van der Waals surface area contributed by atoms with Crippen LogP contribution in [0.1, 0.15) is 32.1 Å². The van der Waals surface area contributed by atoms with Crippen molar-refractivity contribution in [2.75, 3.05) is 0 Å². The first-order valence-corrected chi connectivity index (χ1v) is 8.05. The lowest BCUT2D eigenvalue weighted by Gasteiger charge is -2.07. The van der Waals surface area contributed by atoms with Crippen molar-refractivity contribution >= 4 is 17.5 Å². The molecular formula is C18H16N2O2S. The molecular weight excluding hydrogens is 308 g/mol. The van der Waals surface area contributed by atoms with Gasteiger partial charge in [-0.25, -0.2) is 4.79 Å². The van der Waals surface area contributed by atoms with Crippen molar-refractivity contribution in [3.05, 3.63) is 75.8 Å². The highest BCUT2D eigenvalue weighted by Crippen LogP contribution is 2.22. The molecule has 0 unspecified atom stereocenters. The summed E-state index contributed by atoms with van der Waals surface area (Å²) < 4.78 is 9.45. The van der Waals surface area contributed by atoms with Gasteiger partial charge >= 0.3 is 5.97 Å². The summed E-state index contributed by atoms with van der Waals surface area (Å²) in [5, 5.41) is 4.08. The van der Waals surface area contributed by atoms with Crippen LogP contribution in [-0.4, -0.2) is 15.6 Å². The van der Waals surface area contributed by atoms with E-state index in [0.717, 1.165) is 28.2 Å². The number of carbonyl (C=O) groups excluding carboxylic acids is 1. The average Bonchev–Trinajstić information content (AvgIpc) is 3.00. The Kier molecular flexibility index (Phi) is 4.48. The Morgan fingerprint density at radius 2 is 1.91 bits per heavy atom. The van der Waals surface area contributed by atoms with Gasteiger partial charge in [-0.2, -0.15) is 0 Å². The van der Waals surface area contributed by atoms with Gasteiger partial charge in [0, 0.05) is 6.42 Å². The number of esters is 1. The molecule has 0 radical (unpaired) electrons. The second-order valence-corrected chi connectivity index (χ2v) is 6.12. The van der Waals surface area contributed by atoms with Crippen LogP contribution in [0.4, 0.5) is 0 Å². The van der Waals surface area contributed by atoms with Gasteiger partial charge in [0.05, 0.1) is 5.69 Å². The molecule has 0 aliphatic carbocycles. The number of hydrogen-bond donors (Lipinski definition) is 0. The number of rotatable bonds is 4. The lowest BCUT2D eigenvalue weighted by molar-refractivity contribution is 0.0737. The summed E-state index contributed by atoms with van der Waals surface area (Å²) in [6.07, 6.45) is 0.564. The standard InChI is InChI=1S/C18H16N2O2S/c1-12-8-9-13(2)16(10-12)22-18(21)17-15(19-20-23-17)11-14-6-4-3-5-7-14/h3-10H,11H2,1-2H3. The number of carbonyl (C=O) groups is 1. The number of aromatic nitrogens is 2. The van der Waals surface area contributed by atoms with Crippen molar-refractivity contribution in [1.82, 2.24) is 9.59 Å². The van der Waals surface area contributed by atoms with Gasteiger partial charge in [-0.3, -0.25) is 0 Å². The van der Waals surface area contributed by atoms with E-state index in [2.05, 4.69) is 9.59 Å². The molecule has 0 N–H and O–H groups in total. The molecule has 23 heavy (non-hydrogen) atoms. The smallest absolute Gasteiger partial charge is 0.357 e. The molecule has 0 spiro atoms. The van der Waals surface area contributed by atoms with Crippen LogP contribution in [-0.2, 0) is 6.42 Å². The Labute approximate surface area is 138 Å². The molecule has 0 amide bonds. The molecule has 1 aromatic heterocycles. The monoisotopic (exact) mass is 324 g/mol. The molecule has 0 atom stereocenters. The quantitative estimate of drug-likeness (QED) is 0.538. The maximum atomic E-state index is 12.5. The van der Waals surface area contributed by atoms with Gasteiger partial charge in [-0.1, -0.05) is 47.0 Å². The molecule has 0 aliphatic rings. The third-order valence-corrected chi connectivity index (χ3v) is 4.25. The fourth-order valence-corrected chi connectivity index (χ4v) is 2.79. The summed E-state index contributed by atoms with van der Waals surface area (Å²) in [4.78, 5) is 12.9. The van der Waals surface area contributed by atoms with E-state index in [0.29, 0.717) is 22.7 Å². The van der Waals surface area contributed by atoms with Gasteiger partial charge in [0.2, 0.25) is 0 Å². The number of ether oxygens (including phenoxy) is 1. The molecule has 0 fully saturated rings. The minimum absolute atomic E-state index is 0.403. The van der Waals surface area contributed by atoms with Crippen molar-refractivity contribution in [2.24, 2.45) is 0 Å². The molecule has 3 rings (SSSR count). The predicted molar refractivity (Wildman–Crippen MR) is 90.0 cm³/mol. The van der Waals surface area contributed by atoms with E-state index in [-0.39, 0.29) is 0 Å². The third kappa shape index (κ3) is 3.63. The van der Waals surface area contributed by atoms with Crippen LogP contribution in [0, 0.1) is 13.8 Å². The van der Waals surface area contributed by atoms with Gasteiger partial charge in [-0.15, -0.1) is 5.10 Å². The molecule has 0 aliphatic heterocycles. The number of aryl methyl sites for hydroxylation is 2. The topological polar surface area (TPSA) is 52.1 Å². The van der Waals surface area contributed by atoms with Crippen LogP contribution in [0.3, 0.4) is 0 Å². The molecule has 2 aromatic carbocycles. The maximum absolute atomic E-state index is 12.5. The summed E-state index contributed by atoms with van der Waals surface area (Å²) in [7, 11) is 0. The minimum Gasteiger partial charge on any atom is -0.422 e. The summed E-state index contributed by atoms with van der Waals surface area (Å²) in [6.45, 7) is 3.88. The van der Waals surface area contributed by atoms with Gasteiger partial charge in [0.1, 0.15) is 5.75 Å². The number of hydrogen-bond acceptors (Lipinski definition) is 5. The minimum atomic E-state index is -0.403. The van der Waals surface area contributed by atoms with Crippen LogP contribution in [0.15, 0.2) is 48.5 Å². The van der Waals surface area contributed by atoms with Crippen molar-refractivity contribution in [1.29, 1.82) is 0 Å². The zero-order chi connectivity index (χ0) is 16.2. The summed E-state index contributed by atoms with van der Waals surface area (Å²) in [5.74, 6) is 0.175. The maximum Gasteiger partial charge on any atom is 0.357 e.